The highest BCUT2D eigenvalue weighted by Crippen LogP contribution is 2.36. The molecule has 0 aliphatic carbocycles. The van der Waals surface area contributed by atoms with Crippen LogP contribution in [0, 0.1) is 0 Å². The maximum atomic E-state index is 13.2. The van der Waals surface area contributed by atoms with Crippen LogP contribution in [0.5, 0.6) is 0 Å². The average molecular weight is 263 g/mol. The Hall–Kier alpha value is -2.37. The lowest BCUT2D eigenvalue weighted by Gasteiger charge is -2.07. The van der Waals surface area contributed by atoms with E-state index in [0.717, 1.165) is 4.52 Å². The summed E-state index contributed by atoms with van der Waals surface area (Å²) in [5.74, 6) is 0. The molecule has 0 atom stereocenters. The highest BCUT2D eigenvalue weighted by molar-refractivity contribution is 5.66. The first-order chi connectivity index (χ1) is 9.07. The molecule has 19 heavy (non-hydrogen) atoms. The molecule has 3 aromatic rings. The van der Waals surface area contributed by atoms with Gasteiger partial charge in [-0.05, 0) is 12.1 Å². The third kappa shape index (κ3) is 1.95. The van der Waals surface area contributed by atoms with Crippen LogP contribution in [0.3, 0.4) is 0 Å². The molecule has 6 heteroatoms. The molecule has 0 aliphatic heterocycles. The molecule has 3 nitrogen and oxygen atoms in total. The molecule has 0 aliphatic rings. The lowest BCUT2D eigenvalue weighted by Crippen LogP contribution is -2.11. The van der Waals surface area contributed by atoms with Gasteiger partial charge in [-0.15, -0.1) is 0 Å². The van der Waals surface area contributed by atoms with Crippen molar-refractivity contribution in [3.05, 3.63) is 54.4 Å². The zero-order chi connectivity index (χ0) is 13.5. The standard InChI is InChI=1S/C13H8F3N3/c14-13(15,16)12-11(9-5-2-1-3-6-9)18-10-7-4-8-17-19(10)12/h1-8H. The maximum absolute atomic E-state index is 13.2. The Kier molecular flexibility index (Phi) is 2.51. The van der Waals surface area contributed by atoms with Gasteiger partial charge in [0.2, 0.25) is 0 Å². The summed E-state index contributed by atoms with van der Waals surface area (Å²) >= 11 is 0. The number of hydrogen-bond acceptors (Lipinski definition) is 2. The number of aromatic nitrogens is 3. The average Bonchev–Trinajstić information content (AvgIpc) is 2.79. The molecule has 0 unspecified atom stereocenters. The molecule has 0 radical (unpaired) electrons. The zero-order valence-electron chi connectivity index (χ0n) is 9.59. The first kappa shape index (κ1) is 11.7. The summed E-state index contributed by atoms with van der Waals surface area (Å²) in [6.07, 6.45) is -3.21. The predicted molar refractivity (Wildman–Crippen MR) is 63.4 cm³/mol. The van der Waals surface area contributed by atoms with E-state index in [4.69, 9.17) is 0 Å². The second-order valence-corrected chi connectivity index (χ2v) is 3.97. The van der Waals surface area contributed by atoms with E-state index >= 15 is 0 Å². The molecule has 0 spiro atoms. The van der Waals surface area contributed by atoms with Gasteiger partial charge in [-0.25, -0.2) is 9.50 Å². The van der Waals surface area contributed by atoms with Crippen LogP contribution in [-0.4, -0.2) is 14.6 Å². The molecule has 0 saturated heterocycles. The van der Waals surface area contributed by atoms with Crippen molar-refractivity contribution in [3.63, 3.8) is 0 Å². The van der Waals surface area contributed by atoms with E-state index in [2.05, 4.69) is 10.1 Å². The fraction of sp³-hybridized carbons (Fsp3) is 0.0769. The van der Waals surface area contributed by atoms with Gasteiger partial charge in [-0.2, -0.15) is 18.3 Å². The lowest BCUT2D eigenvalue weighted by atomic mass is 10.1. The summed E-state index contributed by atoms with van der Waals surface area (Å²) in [6.45, 7) is 0. The molecular formula is C13H8F3N3. The molecule has 3 rings (SSSR count). The first-order valence-electron chi connectivity index (χ1n) is 5.54. The molecule has 1 aromatic carbocycles. The van der Waals surface area contributed by atoms with Crippen molar-refractivity contribution in [2.45, 2.75) is 6.18 Å². The van der Waals surface area contributed by atoms with E-state index in [0.29, 0.717) is 5.56 Å². The van der Waals surface area contributed by atoms with Crippen molar-refractivity contribution in [1.29, 1.82) is 0 Å². The monoisotopic (exact) mass is 263 g/mol. The van der Waals surface area contributed by atoms with Gasteiger partial charge >= 0.3 is 6.18 Å². The molecule has 0 fully saturated rings. The normalized spacial score (nSPS) is 11.9. The van der Waals surface area contributed by atoms with E-state index in [1.54, 1.807) is 36.4 Å². The molecular weight excluding hydrogens is 255 g/mol. The quantitative estimate of drug-likeness (QED) is 0.673. The zero-order valence-corrected chi connectivity index (χ0v) is 9.59. The third-order valence-electron chi connectivity index (χ3n) is 2.71. The van der Waals surface area contributed by atoms with Crippen molar-refractivity contribution in [2.75, 3.05) is 0 Å². The topological polar surface area (TPSA) is 30.2 Å². The number of halogens is 3. The maximum Gasteiger partial charge on any atom is 0.435 e. The second kappa shape index (κ2) is 4.08. The van der Waals surface area contributed by atoms with Crippen LogP contribution in [0.4, 0.5) is 13.2 Å². The highest BCUT2D eigenvalue weighted by Gasteiger charge is 2.39. The minimum absolute atomic E-state index is 0.105. The summed E-state index contributed by atoms with van der Waals surface area (Å²) in [6, 6.07) is 11.3. The van der Waals surface area contributed by atoms with E-state index in [-0.39, 0.29) is 11.3 Å². The summed E-state index contributed by atoms with van der Waals surface area (Å²) < 4.78 is 40.4. The van der Waals surface area contributed by atoms with Crippen molar-refractivity contribution in [1.82, 2.24) is 14.6 Å². The Bertz CT molecular complexity index is 717. The molecule has 96 valence electrons. The Morgan fingerprint density at radius 3 is 2.37 bits per heavy atom. The van der Waals surface area contributed by atoms with Crippen molar-refractivity contribution < 1.29 is 13.2 Å². The number of fused-ring (bicyclic) bond motifs is 1. The van der Waals surface area contributed by atoms with Crippen LogP contribution in [0.15, 0.2) is 48.7 Å². The van der Waals surface area contributed by atoms with E-state index < -0.39 is 11.9 Å². The Morgan fingerprint density at radius 2 is 1.68 bits per heavy atom. The largest absolute Gasteiger partial charge is 0.435 e. The van der Waals surface area contributed by atoms with Crippen LogP contribution in [-0.2, 0) is 6.18 Å². The summed E-state index contributed by atoms with van der Waals surface area (Å²) in [5, 5.41) is 3.73. The molecule has 0 bridgehead atoms. The molecule has 0 saturated carbocycles. The van der Waals surface area contributed by atoms with Crippen LogP contribution in [0.1, 0.15) is 5.69 Å². The lowest BCUT2D eigenvalue weighted by molar-refractivity contribution is -0.141. The van der Waals surface area contributed by atoms with Gasteiger partial charge in [0.1, 0.15) is 5.69 Å². The fourth-order valence-corrected chi connectivity index (χ4v) is 1.94. The van der Waals surface area contributed by atoms with Gasteiger partial charge in [-0.1, -0.05) is 30.3 Å². The number of hydrogen-bond donors (Lipinski definition) is 0. The summed E-state index contributed by atoms with van der Waals surface area (Å²) in [7, 11) is 0. The van der Waals surface area contributed by atoms with Gasteiger partial charge in [-0.3, -0.25) is 0 Å². The number of benzene rings is 1. The molecule has 0 N–H and O–H groups in total. The van der Waals surface area contributed by atoms with Crippen molar-refractivity contribution in [3.8, 4) is 11.3 Å². The van der Waals surface area contributed by atoms with Gasteiger partial charge in [0.05, 0.1) is 0 Å². The van der Waals surface area contributed by atoms with E-state index in [1.807, 2.05) is 0 Å². The van der Waals surface area contributed by atoms with Gasteiger partial charge in [0.25, 0.3) is 0 Å². The molecule has 0 amide bonds. The molecule has 2 aromatic heterocycles. The Morgan fingerprint density at radius 1 is 0.947 bits per heavy atom. The van der Waals surface area contributed by atoms with Crippen molar-refractivity contribution in [2.24, 2.45) is 0 Å². The number of nitrogens with zero attached hydrogens (tertiary/aromatic N) is 3. The number of imidazole rings is 1. The van der Waals surface area contributed by atoms with Crippen molar-refractivity contribution >= 4 is 5.65 Å². The van der Waals surface area contributed by atoms with E-state index in [1.165, 1.54) is 12.3 Å². The molecule has 2 heterocycles. The van der Waals surface area contributed by atoms with Crippen LogP contribution in [0.2, 0.25) is 0 Å². The Labute approximate surface area is 106 Å². The van der Waals surface area contributed by atoms with E-state index in [9.17, 15) is 13.2 Å². The van der Waals surface area contributed by atoms with Crippen LogP contribution >= 0.6 is 0 Å². The Balaban J connectivity index is 2.36. The number of alkyl halides is 3. The first-order valence-corrected chi connectivity index (χ1v) is 5.54. The van der Waals surface area contributed by atoms with Gasteiger partial charge < -0.3 is 0 Å². The van der Waals surface area contributed by atoms with Gasteiger partial charge in [0.15, 0.2) is 11.3 Å². The summed E-state index contributed by atoms with van der Waals surface area (Å²) in [5.41, 5.74) is -0.366. The van der Waals surface area contributed by atoms with Crippen LogP contribution < -0.4 is 0 Å². The predicted octanol–water partition coefficient (Wildman–Crippen LogP) is 3.42. The smallest absolute Gasteiger partial charge is 0.226 e. The minimum Gasteiger partial charge on any atom is -0.226 e. The fourth-order valence-electron chi connectivity index (χ4n) is 1.94. The minimum atomic E-state index is -4.51. The van der Waals surface area contributed by atoms with Crippen LogP contribution in [0.25, 0.3) is 16.9 Å². The number of rotatable bonds is 1. The second-order valence-electron chi connectivity index (χ2n) is 3.97. The SMILES string of the molecule is FC(F)(F)c1c(-c2ccccc2)nc2cccnn12. The summed E-state index contributed by atoms with van der Waals surface area (Å²) in [4.78, 5) is 4.03. The highest BCUT2D eigenvalue weighted by atomic mass is 19.4. The third-order valence-corrected chi connectivity index (χ3v) is 2.71. The van der Waals surface area contributed by atoms with Gasteiger partial charge in [0, 0.05) is 11.8 Å².